The van der Waals surface area contributed by atoms with Crippen LogP contribution in [0, 0.1) is 12.7 Å². The third-order valence-corrected chi connectivity index (χ3v) is 6.90. The molecule has 0 N–H and O–H groups in total. The normalized spacial score (nSPS) is 12.0. The van der Waals surface area contributed by atoms with Crippen LogP contribution in [0.1, 0.15) is 32.0 Å². The molecule has 0 atom stereocenters. The fourth-order valence-corrected chi connectivity index (χ4v) is 4.23. The lowest BCUT2D eigenvalue weighted by molar-refractivity contribution is 0.0749. The van der Waals surface area contributed by atoms with Crippen LogP contribution in [0.4, 0.5) is 9.18 Å². The molecule has 0 saturated carbocycles. The summed E-state index contributed by atoms with van der Waals surface area (Å²) in [5.41, 5.74) is 0.253. The van der Waals surface area contributed by atoms with E-state index in [2.05, 4.69) is 10.1 Å². The molecule has 0 spiro atoms. The number of amides is 1. The molecule has 0 fully saturated rings. The van der Waals surface area contributed by atoms with Crippen molar-refractivity contribution < 1.29 is 22.3 Å². The van der Waals surface area contributed by atoms with Gasteiger partial charge in [0.05, 0.1) is 4.90 Å². The number of rotatable bonds is 5. The summed E-state index contributed by atoms with van der Waals surface area (Å²) in [5.74, 6) is -0.653. The van der Waals surface area contributed by atoms with Gasteiger partial charge in [-0.1, -0.05) is 17.7 Å². The molecule has 0 unspecified atom stereocenters. The number of aryl methyl sites for hydroxylation is 1. The molecule has 1 amide bonds. The predicted octanol–water partition coefficient (Wildman–Crippen LogP) is 4.57. The Labute approximate surface area is 196 Å². The van der Waals surface area contributed by atoms with E-state index in [0.717, 1.165) is 10.9 Å². The van der Waals surface area contributed by atoms with E-state index in [1.807, 2.05) is 20.8 Å². The second-order valence-corrected chi connectivity index (χ2v) is 10.7. The van der Waals surface area contributed by atoms with Crippen molar-refractivity contribution in [1.82, 2.24) is 19.7 Å². The van der Waals surface area contributed by atoms with Gasteiger partial charge in [0.1, 0.15) is 29.0 Å². The fourth-order valence-electron chi connectivity index (χ4n) is 2.78. The van der Waals surface area contributed by atoms with Crippen LogP contribution in [0.25, 0.3) is 5.69 Å². The van der Waals surface area contributed by atoms with Crippen LogP contribution in [0.2, 0.25) is 5.15 Å². The van der Waals surface area contributed by atoms with Crippen molar-refractivity contribution >= 4 is 27.5 Å². The van der Waals surface area contributed by atoms with Gasteiger partial charge in [0.2, 0.25) is 9.84 Å². The monoisotopic (exact) mass is 494 g/mol. The number of halogens is 2. The van der Waals surface area contributed by atoms with Gasteiger partial charge in [-0.25, -0.2) is 27.3 Å². The molecule has 2 heterocycles. The molecular weight excluding hydrogens is 471 g/mol. The summed E-state index contributed by atoms with van der Waals surface area (Å²) in [7, 11) is -2.57. The Balaban J connectivity index is 2.05. The Kier molecular flexibility index (Phi) is 6.80. The average Bonchev–Trinajstić information content (AvgIpc) is 3.16. The molecule has 11 heteroatoms. The fraction of sp³-hybridized carbons (Fsp3) is 0.318. The van der Waals surface area contributed by atoms with Crippen molar-refractivity contribution in [3.63, 3.8) is 0 Å². The van der Waals surface area contributed by atoms with Crippen molar-refractivity contribution in [2.75, 3.05) is 7.05 Å². The molecule has 0 aliphatic carbocycles. The first kappa shape index (κ1) is 24.7. The summed E-state index contributed by atoms with van der Waals surface area (Å²) < 4.78 is 47.7. The lowest BCUT2D eigenvalue weighted by atomic mass is 10.1. The van der Waals surface area contributed by atoms with Gasteiger partial charge in [0.15, 0.2) is 5.03 Å². The topological polar surface area (TPSA) is 94.4 Å². The zero-order chi connectivity index (χ0) is 24.6. The van der Waals surface area contributed by atoms with Gasteiger partial charge in [0, 0.05) is 24.8 Å². The minimum Gasteiger partial charge on any atom is -0.443 e. The Hall–Kier alpha value is -2.98. The first-order chi connectivity index (χ1) is 15.3. The average molecular weight is 495 g/mol. The van der Waals surface area contributed by atoms with Crippen molar-refractivity contribution in [3.8, 4) is 5.69 Å². The second-order valence-electron chi connectivity index (χ2n) is 8.45. The van der Waals surface area contributed by atoms with Crippen LogP contribution in [0.5, 0.6) is 0 Å². The van der Waals surface area contributed by atoms with Crippen molar-refractivity contribution in [1.29, 1.82) is 0 Å². The summed E-state index contributed by atoms with van der Waals surface area (Å²) in [6.45, 7) is 6.93. The van der Waals surface area contributed by atoms with Gasteiger partial charge in [-0.15, -0.1) is 0 Å². The molecule has 2 aromatic heterocycles. The number of carbonyl (C=O) groups is 1. The van der Waals surface area contributed by atoms with Gasteiger partial charge in [-0.2, -0.15) is 5.10 Å². The quantitative estimate of drug-likeness (QED) is 0.482. The molecule has 0 bridgehead atoms. The standard InChI is InChI=1S/C22H24ClFN4O4S/c1-14-6-8-18(17(24)10-14)28-20(33(30,31)16-7-9-19(23)25-12-16)11-15(26-28)13-32-21(29)27(5)22(2,3)4/h6-12H,13H2,1-5H3. The molecule has 0 aliphatic heterocycles. The highest BCUT2D eigenvalue weighted by Crippen LogP contribution is 2.27. The van der Waals surface area contributed by atoms with E-state index < -0.39 is 27.3 Å². The van der Waals surface area contributed by atoms with Crippen molar-refractivity contribution in [2.45, 2.75) is 49.8 Å². The third-order valence-electron chi connectivity index (χ3n) is 4.97. The van der Waals surface area contributed by atoms with Gasteiger partial charge < -0.3 is 9.64 Å². The first-order valence-electron chi connectivity index (χ1n) is 9.93. The smallest absolute Gasteiger partial charge is 0.410 e. The zero-order valence-electron chi connectivity index (χ0n) is 18.8. The zero-order valence-corrected chi connectivity index (χ0v) is 20.4. The molecule has 3 rings (SSSR count). The minimum atomic E-state index is -4.16. The number of ether oxygens (including phenoxy) is 1. The molecule has 1 aromatic carbocycles. The molecule has 176 valence electrons. The summed E-state index contributed by atoms with van der Waals surface area (Å²) in [6, 6.07) is 8.22. The van der Waals surface area contributed by atoms with Crippen LogP contribution >= 0.6 is 11.6 Å². The second kappa shape index (κ2) is 9.11. The number of nitrogens with zero attached hydrogens (tertiary/aromatic N) is 4. The lowest BCUT2D eigenvalue weighted by Crippen LogP contribution is -2.42. The predicted molar refractivity (Wildman–Crippen MR) is 121 cm³/mol. The Morgan fingerprint density at radius 3 is 2.48 bits per heavy atom. The maximum Gasteiger partial charge on any atom is 0.410 e. The molecule has 0 saturated heterocycles. The number of benzene rings is 1. The number of hydrogen-bond donors (Lipinski definition) is 0. The maximum atomic E-state index is 14.7. The number of sulfone groups is 1. The number of pyridine rings is 1. The largest absolute Gasteiger partial charge is 0.443 e. The number of hydrogen-bond acceptors (Lipinski definition) is 6. The van der Waals surface area contributed by atoms with Crippen molar-refractivity contribution in [3.05, 3.63) is 64.8 Å². The van der Waals surface area contributed by atoms with Crippen LogP contribution in [-0.4, -0.2) is 46.8 Å². The lowest BCUT2D eigenvalue weighted by Gasteiger charge is -2.30. The maximum absolute atomic E-state index is 14.7. The number of aromatic nitrogens is 3. The minimum absolute atomic E-state index is 0.0644. The van der Waals surface area contributed by atoms with Crippen LogP contribution in [0.15, 0.2) is 52.5 Å². The van der Waals surface area contributed by atoms with E-state index in [0.29, 0.717) is 5.56 Å². The van der Waals surface area contributed by atoms with E-state index in [9.17, 15) is 17.6 Å². The Morgan fingerprint density at radius 1 is 1.21 bits per heavy atom. The SMILES string of the molecule is Cc1ccc(-n2nc(COC(=O)N(C)C(C)(C)C)cc2S(=O)(=O)c2ccc(Cl)nc2)c(F)c1. The van der Waals surface area contributed by atoms with Gasteiger partial charge in [-0.3, -0.25) is 0 Å². The van der Waals surface area contributed by atoms with E-state index >= 15 is 0 Å². The molecular formula is C22H24ClFN4O4S. The first-order valence-corrected chi connectivity index (χ1v) is 11.8. The Bertz CT molecular complexity index is 1280. The van der Waals surface area contributed by atoms with Crippen LogP contribution in [0.3, 0.4) is 0 Å². The molecule has 33 heavy (non-hydrogen) atoms. The summed E-state index contributed by atoms with van der Waals surface area (Å²) in [6.07, 6.45) is 0.503. The molecule has 0 radical (unpaired) electrons. The van der Waals surface area contributed by atoms with E-state index in [-0.39, 0.29) is 33.1 Å². The Morgan fingerprint density at radius 2 is 1.91 bits per heavy atom. The van der Waals surface area contributed by atoms with Gasteiger partial charge in [-0.05, 0) is 57.5 Å². The number of carbonyl (C=O) groups excluding carboxylic acids is 1. The van der Waals surface area contributed by atoms with E-state index in [4.69, 9.17) is 16.3 Å². The summed E-state index contributed by atoms with van der Waals surface area (Å²) in [4.78, 5) is 17.4. The third kappa shape index (κ3) is 5.33. The van der Waals surface area contributed by atoms with E-state index in [1.54, 1.807) is 20.0 Å². The van der Waals surface area contributed by atoms with Crippen molar-refractivity contribution in [2.24, 2.45) is 0 Å². The summed E-state index contributed by atoms with van der Waals surface area (Å²) >= 11 is 5.78. The highest BCUT2D eigenvalue weighted by Gasteiger charge is 2.28. The molecule has 8 nitrogen and oxygen atoms in total. The van der Waals surface area contributed by atoms with E-state index in [1.165, 1.54) is 35.2 Å². The molecule has 0 aliphatic rings. The van der Waals surface area contributed by atoms with Crippen LogP contribution in [-0.2, 0) is 21.2 Å². The highest BCUT2D eigenvalue weighted by atomic mass is 35.5. The molecule has 3 aromatic rings. The summed E-state index contributed by atoms with van der Waals surface area (Å²) in [5, 5.41) is 4.06. The van der Waals surface area contributed by atoms with Crippen LogP contribution < -0.4 is 0 Å². The van der Waals surface area contributed by atoms with Gasteiger partial charge >= 0.3 is 6.09 Å². The van der Waals surface area contributed by atoms with Gasteiger partial charge in [0.25, 0.3) is 0 Å². The highest BCUT2D eigenvalue weighted by molar-refractivity contribution is 7.91.